The van der Waals surface area contributed by atoms with Crippen molar-refractivity contribution in [3.63, 3.8) is 0 Å². The highest BCUT2D eigenvalue weighted by atomic mass is 35.5. The Labute approximate surface area is 112 Å². The summed E-state index contributed by atoms with van der Waals surface area (Å²) in [5, 5.41) is 10.2. The Morgan fingerprint density at radius 2 is 2.56 bits per heavy atom. The van der Waals surface area contributed by atoms with E-state index in [2.05, 4.69) is 15.7 Å². The fourth-order valence-corrected chi connectivity index (χ4v) is 1.86. The van der Waals surface area contributed by atoms with E-state index in [1.54, 1.807) is 16.9 Å². The maximum absolute atomic E-state index is 11.8. The Morgan fingerprint density at radius 3 is 3.22 bits per heavy atom. The SMILES string of the molecule is CCn1nccc1NC(=O)CC1COCCN1.Cl. The van der Waals surface area contributed by atoms with Gasteiger partial charge in [0.25, 0.3) is 0 Å². The fourth-order valence-electron chi connectivity index (χ4n) is 1.86. The number of nitrogens with zero attached hydrogens (tertiary/aromatic N) is 2. The van der Waals surface area contributed by atoms with Gasteiger partial charge in [-0.3, -0.25) is 4.79 Å². The van der Waals surface area contributed by atoms with Crippen LogP contribution in [0, 0.1) is 0 Å². The van der Waals surface area contributed by atoms with Crippen molar-refractivity contribution in [2.75, 3.05) is 25.1 Å². The van der Waals surface area contributed by atoms with E-state index in [9.17, 15) is 4.79 Å². The average Bonchev–Trinajstić information content (AvgIpc) is 2.77. The van der Waals surface area contributed by atoms with Crippen LogP contribution in [0.1, 0.15) is 13.3 Å². The van der Waals surface area contributed by atoms with Gasteiger partial charge in [0.1, 0.15) is 5.82 Å². The highest BCUT2D eigenvalue weighted by Crippen LogP contribution is 2.07. The second-order valence-corrected chi connectivity index (χ2v) is 4.01. The molecule has 0 aromatic carbocycles. The van der Waals surface area contributed by atoms with E-state index in [4.69, 9.17) is 4.74 Å². The summed E-state index contributed by atoms with van der Waals surface area (Å²) in [6.07, 6.45) is 2.11. The zero-order chi connectivity index (χ0) is 12.1. The summed E-state index contributed by atoms with van der Waals surface area (Å²) in [6, 6.07) is 1.91. The minimum atomic E-state index is -0.0109. The predicted octanol–water partition coefficient (Wildman–Crippen LogP) is 0.642. The number of amides is 1. The van der Waals surface area contributed by atoms with Crippen molar-refractivity contribution in [1.29, 1.82) is 0 Å². The Morgan fingerprint density at radius 1 is 1.72 bits per heavy atom. The van der Waals surface area contributed by atoms with Crippen molar-refractivity contribution in [3.05, 3.63) is 12.3 Å². The van der Waals surface area contributed by atoms with Gasteiger partial charge in [0.05, 0.1) is 19.4 Å². The Kier molecular flexibility index (Phi) is 6.11. The number of carbonyl (C=O) groups excluding carboxylic acids is 1. The number of carbonyl (C=O) groups is 1. The van der Waals surface area contributed by atoms with Crippen molar-refractivity contribution >= 4 is 24.1 Å². The first-order valence-electron chi connectivity index (χ1n) is 5.92. The number of ether oxygens (including phenoxy) is 1. The van der Waals surface area contributed by atoms with Crippen LogP contribution in [0.3, 0.4) is 0 Å². The highest BCUT2D eigenvalue weighted by Gasteiger charge is 2.17. The van der Waals surface area contributed by atoms with E-state index >= 15 is 0 Å². The van der Waals surface area contributed by atoms with Crippen LogP contribution in [0.4, 0.5) is 5.82 Å². The average molecular weight is 275 g/mol. The van der Waals surface area contributed by atoms with Gasteiger partial charge < -0.3 is 15.4 Å². The molecule has 0 aliphatic carbocycles. The summed E-state index contributed by atoms with van der Waals surface area (Å²) in [4.78, 5) is 11.8. The van der Waals surface area contributed by atoms with E-state index in [1.807, 2.05) is 6.92 Å². The smallest absolute Gasteiger partial charge is 0.227 e. The second kappa shape index (κ2) is 7.35. The van der Waals surface area contributed by atoms with Gasteiger partial charge >= 0.3 is 0 Å². The van der Waals surface area contributed by atoms with Crippen LogP contribution < -0.4 is 10.6 Å². The number of hydrogen-bond donors (Lipinski definition) is 2. The van der Waals surface area contributed by atoms with Crippen molar-refractivity contribution in [2.45, 2.75) is 25.9 Å². The molecule has 18 heavy (non-hydrogen) atoms. The van der Waals surface area contributed by atoms with Gasteiger partial charge in [0.2, 0.25) is 5.91 Å². The molecule has 0 spiro atoms. The molecule has 7 heteroatoms. The number of rotatable bonds is 4. The second-order valence-electron chi connectivity index (χ2n) is 4.01. The summed E-state index contributed by atoms with van der Waals surface area (Å²) >= 11 is 0. The lowest BCUT2D eigenvalue weighted by Gasteiger charge is -2.23. The Balaban J connectivity index is 0.00000162. The fraction of sp³-hybridized carbons (Fsp3) is 0.636. The molecule has 2 heterocycles. The number of aromatic nitrogens is 2. The standard InChI is InChI=1S/C11H18N4O2.ClH/c1-2-15-10(3-4-13-15)14-11(16)7-9-8-17-6-5-12-9;/h3-4,9,12H,2,5-8H2,1H3,(H,14,16);1H. The quantitative estimate of drug-likeness (QED) is 0.846. The number of anilines is 1. The number of nitrogens with one attached hydrogen (secondary N) is 2. The van der Waals surface area contributed by atoms with Crippen molar-refractivity contribution in [3.8, 4) is 0 Å². The molecule has 1 fully saturated rings. The van der Waals surface area contributed by atoms with Crippen LogP contribution in [0.2, 0.25) is 0 Å². The van der Waals surface area contributed by atoms with Crippen molar-refractivity contribution in [2.24, 2.45) is 0 Å². The molecule has 6 nitrogen and oxygen atoms in total. The molecular formula is C11H19ClN4O2. The van der Waals surface area contributed by atoms with E-state index in [0.29, 0.717) is 13.0 Å². The molecule has 0 saturated carbocycles. The minimum Gasteiger partial charge on any atom is -0.378 e. The lowest BCUT2D eigenvalue weighted by atomic mass is 10.2. The lowest BCUT2D eigenvalue weighted by molar-refractivity contribution is -0.117. The summed E-state index contributed by atoms with van der Waals surface area (Å²) in [7, 11) is 0. The third kappa shape index (κ3) is 3.97. The van der Waals surface area contributed by atoms with Crippen LogP contribution in [-0.4, -0.2) is 41.5 Å². The zero-order valence-electron chi connectivity index (χ0n) is 10.4. The molecule has 1 aromatic heterocycles. The number of halogens is 1. The summed E-state index contributed by atoms with van der Waals surface area (Å²) < 4.78 is 7.06. The van der Waals surface area contributed by atoms with Gasteiger partial charge in [-0.1, -0.05) is 0 Å². The van der Waals surface area contributed by atoms with Crippen LogP contribution in [0.25, 0.3) is 0 Å². The number of hydrogen-bond acceptors (Lipinski definition) is 4. The number of aryl methyl sites for hydroxylation is 1. The topological polar surface area (TPSA) is 68.2 Å². The third-order valence-electron chi connectivity index (χ3n) is 2.71. The molecule has 1 saturated heterocycles. The first kappa shape index (κ1) is 14.9. The van der Waals surface area contributed by atoms with Crippen LogP contribution in [0.15, 0.2) is 12.3 Å². The molecule has 2 rings (SSSR count). The first-order chi connectivity index (χ1) is 8.29. The van der Waals surface area contributed by atoms with Crippen molar-refractivity contribution < 1.29 is 9.53 Å². The molecule has 1 aliphatic heterocycles. The van der Waals surface area contributed by atoms with Crippen LogP contribution in [-0.2, 0) is 16.1 Å². The van der Waals surface area contributed by atoms with Gasteiger partial charge in [0.15, 0.2) is 0 Å². The van der Waals surface area contributed by atoms with Gasteiger partial charge in [-0.15, -0.1) is 12.4 Å². The molecule has 2 N–H and O–H groups in total. The highest BCUT2D eigenvalue weighted by molar-refractivity contribution is 5.90. The first-order valence-corrected chi connectivity index (χ1v) is 5.92. The molecule has 102 valence electrons. The minimum absolute atomic E-state index is 0. The Hall–Kier alpha value is -1.11. The third-order valence-corrected chi connectivity index (χ3v) is 2.71. The van der Waals surface area contributed by atoms with Gasteiger partial charge in [0, 0.05) is 31.6 Å². The molecule has 0 bridgehead atoms. The Bertz CT molecular complexity index is 377. The van der Waals surface area contributed by atoms with Gasteiger partial charge in [-0.05, 0) is 6.92 Å². The molecule has 1 atom stereocenters. The van der Waals surface area contributed by atoms with Crippen molar-refractivity contribution in [1.82, 2.24) is 15.1 Å². The summed E-state index contributed by atoms with van der Waals surface area (Å²) in [6.45, 7) is 4.86. The van der Waals surface area contributed by atoms with Gasteiger partial charge in [-0.25, -0.2) is 4.68 Å². The molecular weight excluding hydrogens is 256 g/mol. The summed E-state index contributed by atoms with van der Waals surface area (Å²) in [5.74, 6) is 0.734. The van der Waals surface area contributed by atoms with Gasteiger partial charge in [-0.2, -0.15) is 5.10 Å². The molecule has 1 unspecified atom stereocenters. The zero-order valence-corrected chi connectivity index (χ0v) is 11.2. The largest absolute Gasteiger partial charge is 0.378 e. The lowest BCUT2D eigenvalue weighted by Crippen LogP contribution is -2.43. The van der Waals surface area contributed by atoms with E-state index < -0.39 is 0 Å². The monoisotopic (exact) mass is 274 g/mol. The maximum atomic E-state index is 11.8. The maximum Gasteiger partial charge on any atom is 0.227 e. The number of morpholine rings is 1. The normalized spacial score (nSPS) is 19.1. The van der Waals surface area contributed by atoms with E-state index in [-0.39, 0.29) is 24.4 Å². The van der Waals surface area contributed by atoms with E-state index in [1.165, 1.54) is 0 Å². The van der Waals surface area contributed by atoms with E-state index in [0.717, 1.165) is 25.5 Å². The summed E-state index contributed by atoms with van der Waals surface area (Å²) in [5.41, 5.74) is 0. The van der Waals surface area contributed by atoms with Crippen LogP contribution in [0.5, 0.6) is 0 Å². The molecule has 0 radical (unpaired) electrons. The predicted molar refractivity (Wildman–Crippen MR) is 71.0 cm³/mol. The molecule has 1 aliphatic rings. The molecule has 1 aromatic rings. The molecule has 1 amide bonds. The van der Waals surface area contributed by atoms with Crippen LogP contribution >= 0.6 is 12.4 Å².